The first kappa shape index (κ1) is 31.8. The minimum Gasteiger partial charge on any atom is -0.491 e. The zero-order valence-electron chi connectivity index (χ0n) is 25.2. The van der Waals surface area contributed by atoms with Crippen LogP contribution in [-0.2, 0) is 9.53 Å². The van der Waals surface area contributed by atoms with Gasteiger partial charge in [0.05, 0.1) is 18.6 Å². The number of hydrogen-bond donors (Lipinski definition) is 1. The number of benzene rings is 2. The van der Waals surface area contributed by atoms with Crippen LogP contribution in [0.2, 0.25) is 0 Å². The van der Waals surface area contributed by atoms with E-state index in [0.717, 1.165) is 51.4 Å². The van der Waals surface area contributed by atoms with Crippen LogP contribution in [0, 0.1) is 41.0 Å². The average Bonchev–Trinajstić information content (AvgIpc) is 3.01. The first-order valence-electron chi connectivity index (χ1n) is 16.1. The van der Waals surface area contributed by atoms with E-state index in [0.29, 0.717) is 48.6 Å². The summed E-state index contributed by atoms with van der Waals surface area (Å²) in [5.41, 5.74) is 0.740. The van der Waals surface area contributed by atoms with Crippen LogP contribution in [0.1, 0.15) is 126 Å². The van der Waals surface area contributed by atoms with Crippen LogP contribution in [0.5, 0.6) is 5.75 Å². The highest BCUT2D eigenvalue weighted by molar-refractivity contribution is 5.72. The van der Waals surface area contributed by atoms with Gasteiger partial charge in [0.25, 0.3) is 0 Å². The van der Waals surface area contributed by atoms with Crippen LogP contribution in [0.15, 0.2) is 24.3 Å². The van der Waals surface area contributed by atoms with Crippen LogP contribution in [-0.4, -0.2) is 23.8 Å². The fraction of sp³-hybridized carbons (Fsp3) is 0.629. The quantitative estimate of drug-likeness (QED) is 0.241. The molecule has 2 aromatic carbocycles. The van der Waals surface area contributed by atoms with Gasteiger partial charge in [0, 0.05) is 5.56 Å². The minimum absolute atomic E-state index is 0.0157. The van der Waals surface area contributed by atoms with Crippen LogP contribution in [0.3, 0.4) is 0 Å². The lowest BCUT2D eigenvalue weighted by atomic mass is 9.68. The van der Waals surface area contributed by atoms with E-state index in [1.54, 1.807) is 19.1 Å². The maximum absolute atomic E-state index is 14.7. The number of ether oxygens (including phenoxy) is 2. The smallest absolute Gasteiger partial charge is 0.309 e. The van der Waals surface area contributed by atoms with Gasteiger partial charge < -0.3 is 14.6 Å². The van der Waals surface area contributed by atoms with Crippen molar-refractivity contribution in [2.24, 2.45) is 17.8 Å². The van der Waals surface area contributed by atoms with Crippen LogP contribution in [0.25, 0.3) is 0 Å². The summed E-state index contributed by atoms with van der Waals surface area (Å²) in [7, 11) is 0. The van der Waals surface area contributed by atoms with Crippen molar-refractivity contribution in [3.63, 3.8) is 0 Å². The van der Waals surface area contributed by atoms with Gasteiger partial charge in [0.1, 0.15) is 6.10 Å². The van der Waals surface area contributed by atoms with Gasteiger partial charge in [-0.15, -0.1) is 0 Å². The Morgan fingerprint density at radius 2 is 1.26 bits per heavy atom. The van der Waals surface area contributed by atoms with Gasteiger partial charge in [-0.3, -0.25) is 4.79 Å². The molecule has 43 heavy (non-hydrogen) atoms. The Balaban J connectivity index is 1.05. The highest BCUT2D eigenvalue weighted by Gasteiger charge is 2.36. The fourth-order valence-corrected chi connectivity index (χ4v) is 7.83. The van der Waals surface area contributed by atoms with E-state index in [9.17, 15) is 27.5 Å². The second-order valence-corrected chi connectivity index (χ2v) is 12.9. The maximum Gasteiger partial charge on any atom is 0.309 e. The number of carbonyl (C=O) groups excluding carboxylic acids is 1. The van der Waals surface area contributed by atoms with Crippen molar-refractivity contribution in [1.82, 2.24) is 0 Å². The minimum atomic E-state index is -1.07. The monoisotopic (exact) mass is 604 g/mol. The molecule has 0 bridgehead atoms. The summed E-state index contributed by atoms with van der Waals surface area (Å²) in [5.74, 6) is -2.87. The number of aliphatic hydroxyl groups is 1. The molecular formula is C35H44F4O4. The molecule has 0 saturated heterocycles. The van der Waals surface area contributed by atoms with Crippen molar-refractivity contribution < 1.29 is 36.9 Å². The number of carbonyl (C=O) groups is 1. The first-order chi connectivity index (χ1) is 20.7. The summed E-state index contributed by atoms with van der Waals surface area (Å²) in [4.78, 5) is 13.0. The van der Waals surface area contributed by atoms with Crippen LogP contribution >= 0.6 is 0 Å². The second kappa shape index (κ2) is 14.0. The molecule has 8 heteroatoms. The topological polar surface area (TPSA) is 55.8 Å². The van der Waals surface area contributed by atoms with Crippen molar-refractivity contribution in [3.05, 3.63) is 64.2 Å². The van der Waals surface area contributed by atoms with E-state index in [4.69, 9.17) is 9.47 Å². The molecular weight excluding hydrogens is 560 g/mol. The molecule has 236 valence electrons. The van der Waals surface area contributed by atoms with Gasteiger partial charge in [-0.1, -0.05) is 18.2 Å². The van der Waals surface area contributed by atoms with Crippen molar-refractivity contribution in [3.8, 4) is 5.75 Å². The van der Waals surface area contributed by atoms with E-state index in [2.05, 4.69) is 0 Å². The predicted molar refractivity (Wildman–Crippen MR) is 156 cm³/mol. The molecule has 0 aromatic heterocycles. The third-order valence-electron chi connectivity index (χ3n) is 10.3. The van der Waals surface area contributed by atoms with E-state index in [1.807, 2.05) is 0 Å². The number of hydrogen-bond acceptors (Lipinski definition) is 4. The number of rotatable bonds is 8. The number of esters is 1. The van der Waals surface area contributed by atoms with E-state index >= 15 is 0 Å². The molecule has 0 radical (unpaired) electrons. The molecule has 5 rings (SSSR count). The zero-order chi connectivity index (χ0) is 30.7. The average molecular weight is 605 g/mol. The Labute approximate surface area is 252 Å². The summed E-state index contributed by atoms with van der Waals surface area (Å²) < 4.78 is 69.3. The molecule has 0 amide bonds. The highest BCUT2D eigenvalue weighted by atomic mass is 19.2. The molecule has 3 saturated carbocycles. The predicted octanol–water partition coefficient (Wildman–Crippen LogP) is 9.04. The third kappa shape index (κ3) is 7.05. The Morgan fingerprint density at radius 1 is 0.744 bits per heavy atom. The Bertz CT molecular complexity index is 1260. The molecule has 1 atom stereocenters. The van der Waals surface area contributed by atoms with Gasteiger partial charge in [-0.25, -0.2) is 13.2 Å². The largest absolute Gasteiger partial charge is 0.491 e. The van der Waals surface area contributed by atoms with E-state index in [-0.39, 0.29) is 47.7 Å². The molecule has 1 N–H and O–H groups in total. The third-order valence-corrected chi connectivity index (χ3v) is 10.3. The van der Waals surface area contributed by atoms with Crippen molar-refractivity contribution in [2.75, 3.05) is 6.61 Å². The van der Waals surface area contributed by atoms with Crippen LogP contribution in [0.4, 0.5) is 17.6 Å². The normalized spacial score (nSPS) is 28.7. The van der Waals surface area contributed by atoms with Gasteiger partial charge >= 0.3 is 5.97 Å². The van der Waals surface area contributed by atoms with Crippen molar-refractivity contribution >= 4 is 5.97 Å². The Morgan fingerprint density at radius 3 is 1.81 bits per heavy atom. The van der Waals surface area contributed by atoms with Gasteiger partial charge in [0.2, 0.25) is 5.82 Å². The first-order valence-corrected chi connectivity index (χ1v) is 16.1. The molecule has 2 aromatic rings. The molecule has 1 unspecified atom stereocenters. The van der Waals surface area contributed by atoms with Gasteiger partial charge in [-0.05, 0) is 132 Å². The Hall–Kier alpha value is -2.61. The summed E-state index contributed by atoms with van der Waals surface area (Å²) in [6.07, 6.45) is 8.38. The molecule has 3 aliphatic carbocycles. The molecule has 0 heterocycles. The summed E-state index contributed by atoms with van der Waals surface area (Å²) >= 11 is 0. The molecule has 3 fully saturated rings. The fourth-order valence-electron chi connectivity index (χ4n) is 7.83. The summed E-state index contributed by atoms with van der Waals surface area (Å²) in [6, 6.07) is 6.23. The molecule has 0 aliphatic heterocycles. The lowest BCUT2D eigenvalue weighted by Crippen LogP contribution is -2.32. The lowest BCUT2D eigenvalue weighted by Gasteiger charge is -2.38. The van der Waals surface area contributed by atoms with Crippen LogP contribution < -0.4 is 4.74 Å². The number of halogens is 4. The zero-order valence-corrected chi connectivity index (χ0v) is 25.2. The Kier molecular flexibility index (Phi) is 10.4. The summed E-state index contributed by atoms with van der Waals surface area (Å²) in [5, 5.41) is 9.64. The standard InChI is InChI=1S/C35H44F4O4/c1-3-42-30-19-18-29(33(38)34(30)39)23-8-4-21(5-9-23)22-6-10-25(11-7-22)35(41)43-26-14-12-24(13-15-26)28-17-16-27(20(2)40)31(36)32(28)37/h16-26,40H,3-15H2,1-2H3. The van der Waals surface area contributed by atoms with E-state index < -0.39 is 29.4 Å². The highest BCUT2D eigenvalue weighted by Crippen LogP contribution is 2.45. The lowest BCUT2D eigenvalue weighted by molar-refractivity contribution is -0.157. The molecule has 3 aliphatic rings. The molecule has 4 nitrogen and oxygen atoms in total. The van der Waals surface area contributed by atoms with Gasteiger partial charge in [0.15, 0.2) is 23.2 Å². The van der Waals surface area contributed by atoms with Crippen molar-refractivity contribution in [1.29, 1.82) is 0 Å². The van der Waals surface area contributed by atoms with Crippen molar-refractivity contribution in [2.45, 2.75) is 115 Å². The summed E-state index contributed by atoms with van der Waals surface area (Å²) in [6.45, 7) is 3.44. The SMILES string of the molecule is CCOc1ccc(C2CCC(C3CCC(C(=O)OC4CCC(c5ccc(C(C)O)c(F)c5F)CC4)CC3)CC2)c(F)c1F. The van der Waals surface area contributed by atoms with Gasteiger partial charge in [-0.2, -0.15) is 4.39 Å². The molecule has 0 spiro atoms. The van der Waals surface area contributed by atoms with E-state index in [1.165, 1.54) is 19.1 Å². The number of aliphatic hydroxyl groups excluding tert-OH is 1. The second-order valence-electron chi connectivity index (χ2n) is 12.9. The maximum atomic E-state index is 14.7.